The molecule has 0 aliphatic carbocycles. The van der Waals surface area contributed by atoms with Crippen LogP contribution in [0, 0.1) is 0 Å². The molecule has 1 N–H and O–H groups in total. The summed E-state index contributed by atoms with van der Waals surface area (Å²) in [5.41, 5.74) is 1.65. The number of rotatable bonds is 7. The lowest BCUT2D eigenvalue weighted by Crippen LogP contribution is -2.30. The van der Waals surface area contributed by atoms with Gasteiger partial charge in [0.1, 0.15) is 11.3 Å². The van der Waals surface area contributed by atoms with Crippen LogP contribution in [-0.2, 0) is 14.3 Å². The van der Waals surface area contributed by atoms with Gasteiger partial charge in [0.05, 0.1) is 6.04 Å². The molecule has 1 atom stereocenters. The highest BCUT2D eigenvalue weighted by atomic mass is 32.2. The first kappa shape index (κ1) is 19.8. The molecule has 0 aliphatic rings. The van der Waals surface area contributed by atoms with Gasteiger partial charge in [-0.1, -0.05) is 30.3 Å². The first-order valence-electron chi connectivity index (χ1n) is 8.82. The highest BCUT2D eigenvalue weighted by Crippen LogP contribution is 2.23. The Morgan fingerprint density at radius 3 is 2.64 bits per heavy atom. The molecule has 1 aromatic heterocycles. The van der Waals surface area contributed by atoms with E-state index in [-0.39, 0.29) is 18.6 Å². The molecule has 0 spiro atoms. The summed E-state index contributed by atoms with van der Waals surface area (Å²) in [7, 11) is 0. The monoisotopic (exact) mass is 395 g/mol. The molecule has 0 unspecified atom stereocenters. The summed E-state index contributed by atoms with van der Waals surface area (Å²) in [4.78, 5) is 25.0. The number of ether oxygens (including phenoxy) is 1. The minimum atomic E-state index is -0.569. The van der Waals surface area contributed by atoms with Gasteiger partial charge in [0.2, 0.25) is 0 Å². The van der Waals surface area contributed by atoms with Crippen LogP contribution in [0.25, 0.3) is 17.0 Å². The minimum Gasteiger partial charge on any atom is -0.459 e. The van der Waals surface area contributed by atoms with Gasteiger partial charge < -0.3 is 14.5 Å². The quantitative estimate of drug-likeness (QED) is 0.360. The molecule has 0 saturated heterocycles. The molecule has 0 bridgehead atoms. The Hall–Kier alpha value is -2.99. The number of hydrogen-bond acceptors (Lipinski definition) is 5. The van der Waals surface area contributed by atoms with Crippen LogP contribution in [0.4, 0.5) is 0 Å². The number of esters is 1. The van der Waals surface area contributed by atoms with Gasteiger partial charge in [0, 0.05) is 16.4 Å². The third-order valence-electron chi connectivity index (χ3n) is 4.12. The van der Waals surface area contributed by atoms with Crippen molar-refractivity contribution >= 4 is 40.7 Å². The van der Waals surface area contributed by atoms with Crippen LogP contribution in [0.2, 0.25) is 0 Å². The number of fused-ring (bicyclic) bond motifs is 1. The number of carbonyl (C=O) groups is 2. The van der Waals surface area contributed by atoms with Gasteiger partial charge >= 0.3 is 5.97 Å². The van der Waals surface area contributed by atoms with Gasteiger partial charge in [-0.3, -0.25) is 4.79 Å². The number of furan rings is 1. The minimum absolute atomic E-state index is 0.330. The van der Waals surface area contributed by atoms with Crippen LogP contribution in [0.15, 0.2) is 70.0 Å². The molecule has 0 radical (unpaired) electrons. The maximum atomic E-state index is 12.0. The van der Waals surface area contributed by atoms with Crippen LogP contribution in [-0.4, -0.2) is 24.7 Å². The second-order valence-electron chi connectivity index (χ2n) is 6.19. The van der Waals surface area contributed by atoms with E-state index >= 15 is 0 Å². The van der Waals surface area contributed by atoms with Crippen LogP contribution in [0.3, 0.4) is 0 Å². The van der Waals surface area contributed by atoms with Crippen LogP contribution < -0.4 is 5.32 Å². The molecular formula is C22H21NO4S. The van der Waals surface area contributed by atoms with Crippen molar-refractivity contribution in [3.63, 3.8) is 0 Å². The molecule has 0 aliphatic heterocycles. The summed E-state index contributed by atoms with van der Waals surface area (Å²) in [5, 5.41) is 3.74. The zero-order valence-electron chi connectivity index (χ0n) is 15.7. The molecule has 3 rings (SSSR count). The number of carbonyl (C=O) groups excluding carboxylic acids is 2. The SMILES string of the molecule is CSc1ccc(/C=C/C(=O)OCC(=O)N[C@H](C)c2cc3ccccc3o2)cc1. The average molecular weight is 395 g/mol. The van der Waals surface area contributed by atoms with Crippen molar-refractivity contribution in [2.24, 2.45) is 0 Å². The van der Waals surface area contributed by atoms with E-state index < -0.39 is 5.97 Å². The lowest BCUT2D eigenvalue weighted by Gasteiger charge is -2.11. The molecule has 28 heavy (non-hydrogen) atoms. The van der Waals surface area contributed by atoms with Crippen molar-refractivity contribution in [3.05, 3.63) is 72.0 Å². The van der Waals surface area contributed by atoms with Gasteiger partial charge in [-0.05, 0) is 49.1 Å². The summed E-state index contributed by atoms with van der Waals surface area (Å²) in [5.74, 6) is -0.311. The summed E-state index contributed by atoms with van der Waals surface area (Å²) >= 11 is 1.65. The Balaban J connectivity index is 1.47. The summed E-state index contributed by atoms with van der Waals surface area (Å²) in [6, 6.07) is 17.0. The fourth-order valence-corrected chi connectivity index (χ4v) is 3.04. The fraction of sp³-hybridized carbons (Fsp3) is 0.182. The highest BCUT2D eigenvalue weighted by molar-refractivity contribution is 7.98. The maximum absolute atomic E-state index is 12.0. The largest absolute Gasteiger partial charge is 0.459 e. The Bertz CT molecular complexity index is 958. The zero-order valence-corrected chi connectivity index (χ0v) is 16.5. The van der Waals surface area contributed by atoms with Crippen molar-refractivity contribution in [2.75, 3.05) is 12.9 Å². The summed E-state index contributed by atoms with van der Waals surface area (Å²) < 4.78 is 10.7. The molecule has 1 heterocycles. The van der Waals surface area contributed by atoms with Gasteiger partial charge in [0.25, 0.3) is 5.91 Å². The molecule has 0 fully saturated rings. The lowest BCUT2D eigenvalue weighted by atomic mass is 10.2. The molecule has 1 amide bonds. The number of para-hydroxylation sites is 1. The van der Waals surface area contributed by atoms with Crippen molar-refractivity contribution in [1.29, 1.82) is 0 Å². The Labute approximate surface area is 167 Å². The van der Waals surface area contributed by atoms with Gasteiger partial charge in [-0.15, -0.1) is 11.8 Å². The van der Waals surface area contributed by atoms with Gasteiger partial charge in [-0.25, -0.2) is 4.79 Å². The van der Waals surface area contributed by atoms with E-state index in [1.54, 1.807) is 17.8 Å². The van der Waals surface area contributed by atoms with E-state index in [4.69, 9.17) is 9.15 Å². The molecule has 144 valence electrons. The standard InChI is InChI=1S/C22H21NO4S/c1-15(20-13-17-5-3-4-6-19(17)27-20)23-21(24)14-26-22(25)12-9-16-7-10-18(28-2)11-8-16/h3-13,15H,14H2,1-2H3,(H,23,24)/b12-9+/t15-/m1/s1. The first-order valence-corrected chi connectivity index (χ1v) is 10.0. The fourth-order valence-electron chi connectivity index (χ4n) is 2.63. The van der Waals surface area contributed by atoms with E-state index in [9.17, 15) is 9.59 Å². The predicted molar refractivity (Wildman–Crippen MR) is 111 cm³/mol. The van der Waals surface area contributed by atoms with Crippen LogP contribution in [0.1, 0.15) is 24.3 Å². The van der Waals surface area contributed by atoms with E-state index in [1.165, 1.54) is 6.08 Å². The van der Waals surface area contributed by atoms with Gasteiger partial charge in [0.15, 0.2) is 6.61 Å². The second-order valence-corrected chi connectivity index (χ2v) is 7.07. The van der Waals surface area contributed by atoms with E-state index in [2.05, 4.69) is 5.32 Å². The second kappa shape index (κ2) is 9.28. The third-order valence-corrected chi connectivity index (χ3v) is 4.87. The topological polar surface area (TPSA) is 68.5 Å². The average Bonchev–Trinajstić information content (AvgIpc) is 3.15. The molecule has 2 aromatic carbocycles. The lowest BCUT2D eigenvalue weighted by molar-refractivity contribution is -0.144. The maximum Gasteiger partial charge on any atom is 0.331 e. The number of hydrogen-bond donors (Lipinski definition) is 1. The number of amides is 1. The van der Waals surface area contributed by atoms with E-state index in [0.29, 0.717) is 5.76 Å². The Morgan fingerprint density at radius 2 is 1.93 bits per heavy atom. The van der Waals surface area contributed by atoms with Crippen LogP contribution in [0.5, 0.6) is 0 Å². The van der Waals surface area contributed by atoms with Crippen molar-refractivity contribution in [1.82, 2.24) is 5.32 Å². The van der Waals surface area contributed by atoms with E-state index in [1.807, 2.05) is 67.8 Å². The van der Waals surface area contributed by atoms with Gasteiger partial charge in [-0.2, -0.15) is 0 Å². The number of thioether (sulfide) groups is 1. The predicted octanol–water partition coefficient (Wildman–Crippen LogP) is 4.59. The first-order chi connectivity index (χ1) is 13.5. The summed E-state index contributed by atoms with van der Waals surface area (Å²) in [6.07, 6.45) is 4.97. The summed E-state index contributed by atoms with van der Waals surface area (Å²) in [6.45, 7) is 1.47. The molecule has 6 heteroatoms. The molecule has 0 saturated carbocycles. The molecule has 5 nitrogen and oxygen atoms in total. The van der Waals surface area contributed by atoms with Crippen LogP contribution >= 0.6 is 11.8 Å². The molecular weight excluding hydrogens is 374 g/mol. The van der Waals surface area contributed by atoms with Crippen molar-refractivity contribution in [3.8, 4) is 0 Å². The van der Waals surface area contributed by atoms with E-state index in [0.717, 1.165) is 21.4 Å². The molecule has 3 aromatic rings. The third kappa shape index (κ3) is 5.27. The smallest absolute Gasteiger partial charge is 0.331 e. The normalized spacial score (nSPS) is 12.2. The van der Waals surface area contributed by atoms with Crippen molar-refractivity contribution in [2.45, 2.75) is 17.9 Å². The highest BCUT2D eigenvalue weighted by Gasteiger charge is 2.15. The number of nitrogens with one attached hydrogen (secondary N) is 1. The Kier molecular flexibility index (Phi) is 6.55. The van der Waals surface area contributed by atoms with Crippen molar-refractivity contribution < 1.29 is 18.7 Å². The Morgan fingerprint density at radius 1 is 1.18 bits per heavy atom. The zero-order chi connectivity index (χ0) is 19.9. The number of benzene rings is 2.